The molecule has 0 atom stereocenters. The lowest BCUT2D eigenvalue weighted by Gasteiger charge is -2.11. The number of hydrogen-bond donors (Lipinski definition) is 2. The maximum Gasteiger partial charge on any atom is 0.269 e. The normalized spacial score (nSPS) is 9.82. The smallest absolute Gasteiger partial charge is 0.269 e. The van der Waals surface area contributed by atoms with E-state index >= 15 is 0 Å². The zero-order valence-electron chi connectivity index (χ0n) is 11.7. The van der Waals surface area contributed by atoms with Crippen LogP contribution in [-0.4, -0.2) is 16.5 Å². The van der Waals surface area contributed by atoms with Gasteiger partial charge >= 0.3 is 0 Å². The highest BCUT2D eigenvalue weighted by molar-refractivity contribution is 5.67. The quantitative estimate of drug-likeness (QED) is 0.641. The van der Waals surface area contributed by atoms with Crippen molar-refractivity contribution in [2.75, 3.05) is 17.7 Å². The summed E-state index contributed by atoms with van der Waals surface area (Å²) < 4.78 is 5.29. The summed E-state index contributed by atoms with van der Waals surface area (Å²) >= 11 is 0. The molecule has 8 heteroatoms. The minimum Gasteiger partial charge on any atom is -0.477 e. The number of nitriles is 1. The van der Waals surface area contributed by atoms with Crippen LogP contribution < -0.4 is 15.8 Å². The number of hydrogen-bond acceptors (Lipinski definition) is 7. The van der Waals surface area contributed by atoms with Crippen LogP contribution in [0, 0.1) is 21.4 Å². The Bertz CT molecular complexity index is 737. The first kappa shape index (κ1) is 15.1. The number of nitrogen functional groups attached to an aromatic ring is 1. The van der Waals surface area contributed by atoms with Gasteiger partial charge in [0.2, 0.25) is 5.88 Å². The molecule has 0 spiro atoms. The number of nitrogens with zero attached hydrogens (tertiary/aromatic N) is 3. The molecule has 1 aromatic heterocycles. The first-order valence-electron chi connectivity index (χ1n) is 6.40. The van der Waals surface area contributed by atoms with Crippen LogP contribution in [0.15, 0.2) is 30.3 Å². The predicted octanol–water partition coefficient (Wildman–Crippen LogP) is 2.59. The van der Waals surface area contributed by atoms with E-state index in [1.165, 1.54) is 18.2 Å². The fourth-order valence-corrected chi connectivity index (χ4v) is 1.77. The Kier molecular flexibility index (Phi) is 4.38. The van der Waals surface area contributed by atoms with Crippen LogP contribution >= 0.6 is 0 Å². The maximum atomic E-state index is 10.6. The highest BCUT2D eigenvalue weighted by Crippen LogP contribution is 2.27. The summed E-state index contributed by atoms with van der Waals surface area (Å²) in [7, 11) is 0. The minimum absolute atomic E-state index is 0.00661. The highest BCUT2D eigenvalue weighted by Gasteiger charge is 2.12. The second-order valence-corrected chi connectivity index (χ2v) is 4.25. The fourth-order valence-electron chi connectivity index (χ4n) is 1.77. The predicted molar refractivity (Wildman–Crippen MR) is 80.9 cm³/mol. The molecule has 0 saturated heterocycles. The van der Waals surface area contributed by atoms with Crippen molar-refractivity contribution in [2.24, 2.45) is 0 Å². The molecule has 22 heavy (non-hydrogen) atoms. The van der Waals surface area contributed by atoms with Crippen LogP contribution in [0.5, 0.6) is 5.88 Å². The third-order valence-electron chi connectivity index (χ3n) is 2.76. The molecule has 0 aliphatic carbocycles. The van der Waals surface area contributed by atoms with Crippen molar-refractivity contribution < 1.29 is 9.66 Å². The van der Waals surface area contributed by atoms with Gasteiger partial charge in [0, 0.05) is 23.9 Å². The third-order valence-corrected chi connectivity index (χ3v) is 2.76. The van der Waals surface area contributed by atoms with E-state index in [1.54, 1.807) is 19.1 Å². The number of non-ortho nitro benzene ring substituents is 1. The topological polar surface area (TPSA) is 127 Å². The zero-order valence-corrected chi connectivity index (χ0v) is 11.7. The Morgan fingerprint density at radius 1 is 1.45 bits per heavy atom. The Labute approximate surface area is 126 Å². The molecule has 1 heterocycles. The Hall–Kier alpha value is -3.34. The Morgan fingerprint density at radius 2 is 2.14 bits per heavy atom. The van der Waals surface area contributed by atoms with Gasteiger partial charge < -0.3 is 15.8 Å². The number of anilines is 3. The minimum atomic E-state index is -0.477. The molecule has 0 unspecified atom stereocenters. The number of aromatic nitrogens is 1. The van der Waals surface area contributed by atoms with Gasteiger partial charge in [-0.05, 0) is 19.1 Å². The van der Waals surface area contributed by atoms with Gasteiger partial charge in [-0.25, -0.2) is 0 Å². The standard InChI is InChI=1S/C14H13N5O3/c1-2-22-14-11(8-15)12(16)7-13(18-14)17-9-3-5-10(6-4-9)19(20)21/h3-7H,2H2,1H3,(H3,16,17,18). The molecule has 2 rings (SSSR count). The highest BCUT2D eigenvalue weighted by atomic mass is 16.6. The van der Waals surface area contributed by atoms with Crippen molar-refractivity contribution in [2.45, 2.75) is 6.92 Å². The summed E-state index contributed by atoms with van der Waals surface area (Å²) in [6.07, 6.45) is 0. The number of pyridine rings is 1. The van der Waals surface area contributed by atoms with Crippen LogP contribution in [0.2, 0.25) is 0 Å². The fraction of sp³-hybridized carbons (Fsp3) is 0.143. The lowest BCUT2D eigenvalue weighted by Crippen LogP contribution is -2.04. The van der Waals surface area contributed by atoms with Crippen LogP contribution in [0.1, 0.15) is 12.5 Å². The van der Waals surface area contributed by atoms with E-state index in [1.807, 2.05) is 6.07 Å². The van der Waals surface area contributed by atoms with Gasteiger partial charge in [-0.1, -0.05) is 0 Å². The second-order valence-electron chi connectivity index (χ2n) is 4.25. The van der Waals surface area contributed by atoms with Crippen molar-refractivity contribution in [3.63, 3.8) is 0 Å². The summed E-state index contributed by atoms with van der Waals surface area (Å²) in [5, 5.41) is 22.6. The molecule has 112 valence electrons. The van der Waals surface area contributed by atoms with E-state index < -0.39 is 4.92 Å². The summed E-state index contributed by atoms with van der Waals surface area (Å²) in [5.41, 5.74) is 6.82. The van der Waals surface area contributed by atoms with Crippen LogP contribution in [-0.2, 0) is 0 Å². The van der Waals surface area contributed by atoms with Crippen LogP contribution in [0.3, 0.4) is 0 Å². The number of nitrogens with two attached hydrogens (primary N) is 1. The number of ether oxygens (including phenoxy) is 1. The van der Waals surface area contributed by atoms with Crippen molar-refractivity contribution in [1.29, 1.82) is 5.26 Å². The monoisotopic (exact) mass is 299 g/mol. The van der Waals surface area contributed by atoms with Gasteiger partial charge in [-0.3, -0.25) is 10.1 Å². The van der Waals surface area contributed by atoms with Gasteiger partial charge in [-0.2, -0.15) is 10.2 Å². The van der Waals surface area contributed by atoms with Crippen LogP contribution in [0.25, 0.3) is 0 Å². The van der Waals surface area contributed by atoms with Gasteiger partial charge in [0.15, 0.2) is 0 Å². The molecule has 0 fully saturated rings. The first-order chi connectivity index (χ1) is 10.5. The van der Waals surface area contributed by atoms with Gasteiger partial charge in [0.05, 0.1) is 17.2 Å². The van der Waals surface area contributed by atoms with E-state index in [0.717, 1.165) is 0 Å². The van der Waals surface area contributed by atoms with Crippen molar-refractivity contribution in [3.05, 3.63) is 46.0 Å². The zero-order chi connectivity index (χ0) is 16.1. The number of nitro benzene ring substituents is 1. The molecule has 0 bridgehead atoms. The molecule has 0 aliphatic rings. The average molecular weight is 299 g/mol. The van der Waals surface area contributed by atoms with Crippen LogP contribution in [0.4, 0.5) is 22.9 Å². The van der Waals surface area contributed by atoms with Gasteiger partial charge in [0.1, 0.15) is 17.5 Å². The molecule has 2 aromatic rings. The molecule has 0 aliphatic heterocycles. The third kappa shape index (κ3) is 3.21. The largest absolute Gasteiger partial charge is 0.477 e. The lowest BCUT2D eigenvalue weighted by atomic mass is 10.2. The van der Waals surface area contributed by atoms with E-state index in [2.05, 4.69) is 10.3 Å². The van der Waals surface area contributed by atoms with Crippen molar-refractivity contribution >= 4 is 22.9 Å². The van der Waals surface area contributed by atoms with E-state index in [-0.39, 0.29) is 22.8 Å². The first-order valence-corrected chi connectivity index (χ1v) is 6.40. The number of rotatable bonds is 5. The van der Waals surface area contributed by atoms with E-state index in [4.69, 9.17) is 15.7 Å². The maximum absolute atomic E-state index is 10.6. The van der Waals surface area contributed by atoms with Crippen molar-refractivity contribution in [1.82, 2.24) is 4.98 Å². The van der Waals surface area contributed by atoms with E-state index in [0.29, 0.717) is 18.1 Å². The van der Waals surface area contributed by atoms with Gasteiger partial charge in [-0.15, -0.1) is 0 Å². The summed E-state index contributed by atoms with van der Waals surface area (Å²) in [6, 6.07) is 9.29. The number of nitrogens with one attached hydrogen (secondary N) is 1. The molecular formula is C14H13N5O3. The van der Waals surface area contributed by atoms with E-state index in [9.17, 15) is 10.1 Å². The molecule has 0 saturated carbocycles. The second kappa shape index (κ2) is 6.41. The molecular weight excluding hydrogens is 286 g/mol. The lowest BCUT2D eigenvalue weighted by molar-refractivity contribution is -0.384. The summed E-state index contributed by atoms with van der Waals surface area (Å²) in [5.74, 6) is 0.531. The molecule has 0 amide bonds. The molecule has 1 aromatic carbocycles. The van der Waals surface area contributed by atoms with Crippen molar-refractivity contribution in [3.8, 4) is 11.9 Å². The Balaban J connectivity index is 2.29. The Morgan fingerprint density at radius 3 is 2.68 bits per heavy atom. The molecule has 8 nitrogen and oxygen atoms in total. The molecule has 3 N–H and O–H groups in total. The summed E-state index contributed by atoms with van der Waals surface area (Å²) in [6.45, 7) is 2.12. The summed E-state index contributed by atoms with van der Waals surface area (Å²) in [4.78, 5) is 14.3. The number of nitro groups is 1. The SMILES string of the molecule is CCOc1nc(Nc2ccc([N+](=O)[O-])cc2)cc(N)c1C#N. The average Bonchev–Trinajstić information content (AvgIpc) is 2.48. The van der Waals surface area contributed by atoms with Gasteiger partial charge in [0.25, 0.3) is 5.69 Å². The number of benzene rings is 1. The molecule has 0 radical (unpaired) electrons.